The minimum atomic E-state index is -0.458. The standard InChI is InChI=1S/C29H37N3O2/c1-29(2,3)28(34)31-24-16-10-8-14-21(24)27(33)32-18-17-22-25(19-11-5-4-6-12-19)30-23-15-9-7-13-20(23)26(22)32/h4-7,9,11-13,15,21-22,24-26,30H,8,10,14,16-18H2,1-3H3,(H,31,34)/t21-,22-,24+,25-,26-/m0/s1. The summed E-state index contributed by atoms with van der Waals surface area (Å²) in [5, 5.41) is 7.02. The Labute approximate surface area is 203 Å². The number of carbonyl (C=O) groups is 2. The van der Waals surface area contributed by atoms with Crippen molar-refractivity contribution in [2.24, 2.45) is 17.3 Å². The monoisotopic (exact) mass is 459 g/mol. The number of para-hydroxylation sites is 1. The molecular weight excluding hydrogens is 422 g/mol. The van der Waals surface area contributed by atoms with Gasteiger partial charge in [0.2, 0.25) is 11.8 Å². The van der Waals surface area contributed by atoms with Crippen LogP contribution in [0.5, 0.6) is 0 Å². The number of benzene rings is 2. The lowest BCUT2D eigenvalue weighted by molar-refractivity contribution is -0.140. The Morgan fingerprint density at radius 1 is 0.941 bits per heavy atom. The molecule has 180 valence electrons. The molecule has 0 radical (unpaired) electrons. The summed E-state index contributed by atoms with van der Waals surface area (Å²) in [7, 11) is 0. The van der Waals surface area contributed by atoms with E-state index in [9.17, 15) is 9.59 Å². The van der Waals surface area contributed by atoms with E-state index in [1.165, 1.54) is 11.1 Å². The van der Waals surface area contributed by atoms with Crippen molar-refractivity contribution in [1.29, 1.82) is 0 Å². The molecule has 0 spiro atoms. The molecule has 1 aliphatic carbocycles. The summed E-state index contributed by atoms with van der Waals surface area (Å²) in [5.74, 6) is 0.436. The largest absolute Gasteiger partial charge is 0.378 e. The van der Waals surface area contributed by atoms with Gasteiger partial charge in [0.05, 0.1) is 18.0 Å². The zero-order valence-corrected chi connectivity index (χ0v) is 20.6. The summed E-state index contributed by atoms with van der Waals surface area (Å²) < 4.78 is 0. The van der Waals surface area contributed by atoms with Crippen molar-refractivity contribution in [3.63, 3.8) is 0 Å². The summed E-state index contributed by atoms with van der Waals surface area (Å²) in [6.45, 7) is 6.57. The minimum Gasteiger partial charge on any atom is -0.378 e. The van der Waals surface area contributed by atoms with Crippen LogP contribution in [-0.2, 0) is 9.59 Å². The molecule has 2 N–H and O–H groups in total. The van der Waals surface area contributed by atoms with Crippen LogP contribution in [0.2, 0.25) is 0 Å². The van der Waals surface area contributed by atoms with Gasteiger partial charge >= 0.3 is 0 Å². The van der Waals surface area contributed by atoms with Crippen LogP contribution >= 0.6 is 0 Å². The number of rotatable bonds is 3. The molecule has 1 saturated heterocycles. The van der Waals surface area contributed by atoms with Crippen molar-refractivity contribution in [3.8, 4) is 0 Å². The van der Waals surface area contributed by atoms with Gasteiger partial charge in [-0.1, -0.05) is 82.1 Å². The van der Waals surface area contributed by atoms with Crippen molar-refractivity contribution in [2.75, 3.05) is 11.9 Å². The van der Waals surface area contributed by atoms with E-state index in [1.54, 1.807) is 0 Å². The molecule has 2 amide bonds. The first-order chi connectivity index (χ1) is 16.3. The van der Waals surface area contributed by atoms with Gasteiger partial charge in [-0.25, -0.2) is 0 Å². The maximum absolute atomic E-state index is 14.1. The van der Waals surface area contributed by atoms with Gasteiger partial charge in [-0.05, 0) is 36.5 Å². The van der Waals surface area contributed by atoms with E-state index in [2.05, 4.69) is 70.1 Å². The summed E-state index contributed by atoms with van der Waals surface area (Å²) in [6.07, 6.45) is 4.82. The van der Waals surface area contributed by atoms with Crippen molar-refractivity contribution >= 4 is 17.5 Å². The summed E-state index contributed by atoms with van der Waals surface area (Å²) in [6, 6.07) is 19.2. The highest BCUT2D eigenvalue weighted by Crippen LogP contribution is 2.51. The molecule has 1 saturated carbocycles. The van der Waals surface area contributed by atoms with Crippen LogP contribution in [0.15, 0.2) is 54.6 Å². The maximum atomic E-state index is 14.1. The zero-order chi connectivity index (χ0) is 23.9. The van der Waals surface area contributed by atoms with Crippen molar-refractivity contribution in [3.05, 3.63) is 65.7 Å². The normalized spacial score (nSPS) is 28.4. The first-order valence-electron chi connectivity index (χ1n) is 12.9. The predicted molar refractivity (Wildman–Crippen MR) is 135 cm³/mol. The topological polar surface area (TPSA) is 61.4 Å². The third-order valence-electron chi connectivity index (χ3n) is 7.99. The van der Waals surface area contributed by atoms with Gasteiger partial charge in [-0.3, -0.25) is 9.59 Å². The fourth-order valence-corrected chi connectivity index (χ4v) is 6.16. The molecule has 2 heterocycles. The third-order valence-corrected chi connectivity index (χ3v) is 7.99. The second-order valence-corrected chi connectivity index (χ2v) is 11.3. The Balaban J connectivity index is 1.44. The number of fused-ring (bicyclic) bond motifs is 3. The molecule has 3 aliphatic rings. The molecule has 5 heteroatoms. The lowest BCUT2D eigenvalue weighted by atomic mass is 9.79. The fourth-order valence-electron chi connectivity index (χ4n) is 6.16. The Kier molecular flexibility index (Phi) is 6.13. The lowest BCUT2D eigenvalue weighted by Crippen LogP contribution is -2.52. The van der Waals surface area contributed by atoms with Gasteiger partial charge < -0.3 is 15.5 Å². The number of likely N-dealkylation sites (tertiary alicyclic amines) is 1. The Hall–Kier alpha value is -2.82. The highest BCUT2D eigenvalue weighted by Gasteiger charge is 2.48. The van der Waals surface area contributed by atoms with E-state index in [-0.39, 0.29) is 35.9 Å². The second kappa shape index (κ2) is 9.09. The number of nitrogens with one attached hydrogen (secondary N) is 2. The van der Waals surface area contributed by atoms with Gasteiger partial charge in [-0.2, -0.15) is 0 Å². The molecule has 2 aliphatic heterocycles. The quantitative estimate of drug-likeness (QED) is 0.640. The van der Waals surface area contributed by atoms with E-state index < -0.39 is 5.41 Å². The molecule has 0 aromatic heterocycles. The molecule has 2 aromatic carbocycles. The third kappa shape index (κ3) is 4.21. The van der Waals surface area contributed by atoms with E-state index in [0.717, 1.165) is 44.3 Å². The predicted octanol–water partition coefficient (Wildman–Crippen LogP) is 5.46. The Morgan fingerprint density at radius 2 is 1.65 bits per heavy atom. The number of hydrogen-bond donors (Lipinski definition) is 2. The first-order valence-corrected chi connectivity index (χ1v) is 12.9. The number of carbonyl (C=O) groups excluding carboxylic acids is 2. The van der Waals surface area contributed by atoms with Crippen LogP contribution in [0.3, 0.4) is 0 Å². The van der Waals surface area contributed by atoms with Gasteiger partial charge in [0.1, 0.15) is 0 Å². The molecule has 34 heavy (non-hydrogen) atoms. The molecule has 2 fully saturated rings. The highest BCUT2D eigenvalue weighted by atomic mass is 16.2. The molecule has 5 rings (SSSR count). The molecule has 2 aromatic rings. The smallest absolute Gasteiger partial charge is 0.228 e. The van der Waals surface area contributed by atoms with Crippen LogP contribution < -0.4 is 10.6 Å². The van der Waals surface area contributed by atoms with Crippen LogP contribution in [0.1, 0.15) is 76.1 Å². The first kappa shape index (κ1) is 22.9. The number of hydrogen-bond acceptors (Lipinski definition) is 3. The van der Waals surface area contributed by atoms with Crippen LogP contribution in [0.25, 0.3) is 0 Å². The minimum absolute atomic E-state index is 0.0350. The summed E-state index contributed by atoms with van der Waals surface area (Å²) >= 11 is 0. The Morgan fingerprint density at radius 3 is 2.41 bits per heavy atom. The second-order valence-electron chi connectivity index (χ2n) is 11.3. The number of anilines is 1. The van der Waals surface area contributed by atoms with Crippen LogP contribution in [0.4, 0.5) is 5.69 Å². The molecule has 5 atom stereocenters. The van der Waals surface area contributed by atoms with Gasteiger partial charge in [0, 0.05) is 29.6 Å². The lowest BCUT2D eigenvalue weighted by Gasteiger charge is -2.42. The van der Waals surface area contributed by atoms with Crippen molar-refractivity contribution in [1.82, 2.24) is 10.2 Å². The summed E-state index contributed by atoms with van der Waals surface area (Å²) in [4.78, 5) is 29.0. The van der Waals surface area contributed by atoms with E-state index in [4.69, 9.17) is 0 Å². The van der Waals surface area contributed by atoms with E-state index >= 15 is 0 Å². The SMILES string of the molecule is CC(C)(C)C(=O)N[C@@H]1CCCC[C@@H]1C(=O)N1CC[C@H]2[C@H](c3ccccc3)Nc3ccccc3[C@@H]21. The highest BCUT2D eigenvalue weighted by molar-refractivity contribution is 5.85. The maximum Gasteiger partial charge on any atom is 0.228 e. The summed E-state index contributed by atoms with van der Waals surface area (Å²) in [5.41, 5.74) is 3.16. The van der Waals surface area contributed by atoms with Crippen molar-refractivity contribution < 1.29 is 9.59 Å². The van der Waals surface area contributed by atoms with Gasteiger partial charge in [-0.15, -0.1) is 0 Å². The Bertz CT molecular complexity index is 1040. The fraction of sp³-hybridized carbons (Fsp3) is 0.517. The molecular formula is C29H37N3O2. The van der Waals surface area contributed by atoms with E-state index in [0.29, 0.717) is 5.92 Å². The average molecular weight is 460 g/mol. The molecule has 0 unspecified atom stereocenters. The zero-order valence-electron chi connectivity index (χ0n) is 20.6. The van der Waals surface area contributed by atoms with Gasteiger partial charge in [0.15, 0.2) is 0 Å². The van der Waals surface area contributed by atoms with Gasteiger partial charge in [0.25, 0.3) is 0 Å². The van der Waals surface area contributed by atoms with Crippen LogP contribution in [-0.4, -0.2) is 29.3 Å². The number of nitrogens with zero attached hydrogens (tertiary/aromatic N) is 1. The van der Waals surface area contributed by atoms with Crippen LogP contribution in [0, 0.1) is 17.3 Å². The molecule has 5 nitrogen and oxygen atoms in total. The number of amides is 2. The van der Waals surface area contributed by atoms with E-state index in [1.807, 2.05) is 20.8 Å². The van der Waals surface area contributed by atoms with Crippen molar-refractivity contribution in [2.45, 2.75) is 71.0 Å². The average Bonchev–Trinajstić information content (AvgIpc) is 3.29. The molecule has 0 bridgehead atoms.